The van der Waals surface area contributed by atoms with E-state index in [2.05, 4.69) is 5.32 Å². The molecule has 2 rings (SSSR count). The maximum absolute atomic E-state index is 14.5. The second-order valence-corrected chi connectivity index (χ2v) is 5.34. The second-order valence-electron chi connectivity index (χ2n) is 5.34. The van der Waals surface area contributed by atoms with Gasteiger partial charge in [-0.25, -0.2) is 8.78 Å². The molecule has 0 radical (unpaired) electrons. The lowest BCUT2D eigenvalue weighted by molar-refractivity contribution is 0.498. The van der Waals surface area contributed by atoms with Gasteiger partial charge in [-0.05, 0) is 49.6 Å². The summed E-state index contributed by atoms with van der Waals surface area (Å²) in [4.78, 5) is 0. The molecule has 0 aliphatic carbocycles. The number of hydrogen-bond donors (Lipinski definition) is 1. The van der Waals surface area contributed by atoms with E-state index in [1.165, 1.54) is 12.1 Å². The van der Waals surface area contributed by atoms with Crippen molar-refractivity contribution in [1.29, 1.82) is 0 Å². The molecule has 0 aromatic heterocycles. The van der Waals surface area contributed by atoms with Crippen LogP contribution in [0.3, 0.4) is 0 Å². The Balaban J connectivity index is 2.56. The summed E-state index contributed by atoms with van der Waals surface area (Å²) in [6.45, 7) is 6.35. The van der Waals surface area contributed by atoms with Gasteiger partial charge in [0.1, 0.15) is 11.6 Å². The minimum atomic E-state index is -0.505. The third kappa shape index (κ3) is 3.30. The van der Waals surface area contributed by atoms with E-state index in [0.717, 1.165) is 17.5 Å². The van der Waals surface area contributed by atoms with Crippen LogP contribution in [0, 0.1) is 25.5 Å². The van der Waals surface area contributed by atoms with Gasteiger partial charge in [0.05, 0.1) is 6.04 Å². The molecular formula is C18H21F2N. The molecule has 112 valence electrons. The molecule has 0 bridgehead atoms. The smallest absolute Gasteiger partial charge is 0.134 e. The summed E-state index contributed by atoms with van der Waals surface area (Å²) in [6.07, 6.45) is 0.900. The van der Waals surface area contributed by atoms with E-state index < -0.39 is 17.7 Å². The molecule has 0 heterocycles. The van der Waals surface area contributed by atoms with Crippen molar-refractivity contribution >= 4 is 0 Å². The van der Waals surface area contributed by atoms with Crippen molar-refractivity contribution < 1.29 is 8.78 Å². The molecule has 2 aromatic carbocycles. The van der Waals surface area contributed by atoms with E-state index in [1.54, 1.807) is 6.92 Å². The van der Waals surface area contributed by atoms with Crippen molar-refractivity contribution in [3.8, 4) is 0 Å². The molecule has 1 atom stereocenters. The third-order valence-corrected chi connectivity index (χ3v) is 3.71. The summed E-state index contributed by atoms with van der Waals surface area (Å²) >= 11 is 0. The van der Waals surface area contributed by atoms with Crippen LogP contribution in [0.2, 0.25) is 0 Å². The average Bonchev–Trinajstić information content (AvgIpc) is 2.47. The summed E-state index contributed by atoms with van der Waals surface area (Å²) in [5, 5.41) is 3.27. The number of nitrogens with one attached hydrogen (secondary N) is 1. The van der Waals surface area contributed by atoms with Gasteiger partial charge in [-0.1, -0.05) is 37.3 Å². The molecule has 2 aromatic rings. The predicted molar refractivity (Wildman–Crippen MR) is 82.4 cm³/mol. The Morgan fingerprint density at radius 1 is 1.00 bits per heavy atom. The van der Waals surface area contributed by atoms with E-state index >= 15 is 0 Å². The van der Waals surface area contributed by atoms with E-state index in [9.17, 15) is 8.78 Å². The van der Waals surface area contributed by atoms with Crippen molar-refractivity contribution in [1.82, 2.24) is 5.32 Å². The maximum Gasteiger partial charge on any atom is 0.134 e. The highest BCUT2D eigenvalue weighted by Gasteiger charge is 2.23. The van der Waals surface area contributed by atoms with Crippen LogP contribution in [0.4, 0.5) is 8.78 Å². The molecule has 1 unspecified atom stereocenters. The predicted octanol–water partition coefficient (Wildman–Crippen LogP) is 4.67. The van der Waals surface area contributed by atoms with Crippen LogP contribution in [0.5, 0.6) is 0 Å². The van der Waals surface area contributed by atoms with Crippen molar-refractivity contribution in [3.05, 3.63) is 70.3 Å². The summed E-state index contributed by atoms with van der Waals surface area (Å²) in [6, 6.07) is 10.1. The zero-order valence-corrected chi connectivity index (χ0v) is 12.7. The minimum absolute atomic E-state index is 0.109. The first-order valence-corrected chi connectivity index (χ1v) is 7.29. The Labute approximate surface area is 125 Å². The Morgan fingerprint density at radius 3 is 2.38 bits per heavy atom. The van der Waals surface area contributed by atoms with E-state index in [1.807, 2.05) is 38.1 Å². The summed E-state index contributed by atoms with van der Waals surface area (Å²) in [5.74, 6) is -0.971. The van der Waals surface area contributed by atoms with Crippen molar-refractivity contribution in [2.75, 3.05) is 6.54 Å². The second kappa shape index (κ2) is 6.81. The van der Waals surface area contributed by atoms with Gasteiger partial charge in [0.2, 0.25) is 0 Å². The molecule has 1 nitrogen and oxygen atoms in total. The quantitative estimate of drug-likeness (QED) is 0.843. The van der Waals surface area contributed by atoms with Crippen LogP contribution >= 0.6 is 0 Å². The standard InChI is InChI=1S/C18H21F2N/c1-4-11-21-18(14-8-6-5-7-12(14)2)16-15(19)10-9-13(3)17(16)20/h5-10,18,21H,4,11H2,1-3H3. The van der Waals surface area contributed by atoms with Crippen molar-refractivity contribution in [3.63, 3.8) is 0 Å². The van der Waals surface area contributed by atoms with Crippen LogP contribution in [-0.2, 0) is 0 Å². The van der Waals surface area contributed by atoms with Crippen LogP contribution in [0.25, 0.3) is 0 Å². The van der Waals surface area contributed by atoms with Crippen LogP contribution < -0.4 is 5.32 Å². The monoisotopic (exact) mass is 289 g/mol. The highest BCUT2D eigenvalue weighted by atomic mass is 19.1. The summed E-state index contributed by atoms with van der Waals surface area (Å²) in [5.41, 5.74) is 2.50. The van der Waals surface area contributed by atoms with Gasteiger partial charge < -0.3 is 5.32 Å². The van der Waals surface area contributed by atoms with Crippen LogP contribution in [0.1, 0.15) is 41.6 Å². The molecule has 0 saturated carbocycles. The molecule has 0 spiro atoms. The number of hydrogen-bond acceptors (Lipinski definition) is 1. The molecule has 0 aliphatic rings. The lowest BCUT2D eigenvalue weighted by atomic mass is 9.93. The Kier molecular flexibility index (Phi) is 5.07. The zero-order valence-electron chi connectivity index (χ0n) is 12.7. The highest BCUT2D eigenvalue weighted by molar-refractivity contribution is 5.39. The highest BCUT2D eigenvalue weighted by Crippen LogP contribution is 2.30. The van der Waals surface area contributed by atoms with Gasteiger partial charge in [0, 0.05) is 5.56 Å². The zero-order chi connectivity index (χ0) is 15.4. The van der Waals surface area contributed by atoms with E-state index in [4.69, 9.17) is 0 Å². The van der Waals surface area contributed by atoms with Gasteiger partial charge in [-0.2, -0.15) is 0 Å². The van der Waals surface area contributed by atoms with Gasteiger partial charge in [0.15, 0.2) is 0 Å². The molecule has 21 heavy (non-hydrogen) atoms. The topological polar surface area (TPSA) is 12.0 Å². The van der Waals surface area contributed by atoms with Gasteiger partial charge >= 0.3 is 0 Å². The molecule has 0 aliphatic heterocycles. The fraction of sp³-hybridized carbons (Fsp3) is 0.333. The number of rotatable bonds is 5. The van der Waals surface area contributed by atoms with Crippen LogP contribution in [0.15, 0.2) is 36.4 Å². The fourth-order valence-electron chi connectivity index (χ4n) is 2.51. The lowest BCUT2D eigenvalue weighted by Crippen LogP contribution is -2.26. The number of halogens is 2. The lowest BCUT2D eigenvalue weighted by Gasteiger charge is -2.23. The van der Waals surface area contributed by atoms with Crippen molar-refractivity contribution in [2.45, 2.75) is 33.2 Å². The minimum Gasteiger partial charge on any atom is -0.306 e. The molecular weight excluding hydrogens is 268 g/mol. The first kappa shape index (κ1) is 15.6. The van der Waals surface area contributed by atoms with Gasteiger partial charge in [-0.3, -0.25) is 0 Å². The molecule has 0 fully saturated rings. The van der Waals surface area contributed by atoms with E-state index in [-0.39, 0.29) is 5.56 Å². The fourth-order valence-corrected chi connectivity index (χ4v) is 2.51. The van der Waals surface area contributed by atoms with Crippen LogP contribution in [-0.4, -0.2) is 6.54 Å². The summed E-state index contributed by atoms with van der Waals surface area (Å²) in [7, 11) is 0. The largest absolute Gasteiger partial charge is 0.306 e. The Morgan fingerprint density at radius 2 is 1.71 bits per heavy atom. The van der Waals surface area contributed by atoms with Gasteiger partial charge in [-0.15, -0.1) is 0 Å². The van der Waals surface area contributed by atoms with Gasteiger partial charge in [0.25, 0.3) is 0 Å². The third-order valence-electron chi connectivity index (χ3n) is 3.71. The number of benzene rings is 2. The molecule has 0 saturated heterocycles. The Hall–Kier alpha value is -1.74. The summed E-state index contributed by atoms with van der Waals surface area (Å²) < 4.78 is 28.7. The molecule has 3 heteroatoms. The first-order valence-electron chi connectivity index (χ1n) is 7.29. The Bertz CT molecular complexity index is 623. The molecule has 0 amide bonds. The van der Waals surface area contributed by atoms with E-state index in [0.29, 0.717) is 12.1 Å². The molecule has 1 N–H and O–H groups in total. The SMILES string of the molecule is CCCNC(c1ccccc1C)c1c(F)ccc(C)c1F. The number of aryl methyl sites for hydroxylation is 2. The maximum atomic E-state index is 14.5. The average molecular weight is 289 g/mol. The first-order chi connectivity index (χ1) is 10.1. The van der Waals surface area contributed by atoms with Crippen molar-refractivity contribution in [2.24, 2.45) is 0 Å². The normalized spacial score (nSPS) is 12.4.